The lowest BCUT2D eigenvalue weighted by Crippen LogP contribution is -2.49. The molecule has 3 aromatic carbocycles. The van der Waals surface area contributed by atoms with E-state index < -0.39 is 0 Å². The van der Waals surface area contributed by atoms with E-state index in [4.69, 9.17) is 4.74 Å². The first kappa shape index (κ1) is 22.6. The summed E-state index contributed by atoms with van der Waals surface area (Å²) in [5, 5.41) is 13.3. The molecule has 1 saturated heterocycles. The maximum absolute atomic E-state index is 13.7. The molecule has 33 heavy (non-hydrogen) atoms. The minimum Gasteiger partial charge on any atom is -0.504 e. The van der Waals surface area contributed by atoms with Crippen LogP contribution in [0.3, 0.4) is 0 Å². The van der Waals surface area contributed by atoms with Gasteiger partial charge in [-0.3, -0.25) is 4.79 Å². The van der Waals surface area contributed by atoms with Crippen molar-refractivity contribution in [3.63, 3.8) is 0 Å². The Morgan fingerprint density at radius 3 is 2.67 bits per heavy atom. The standard InChI is InChI=1S/C27H29FN2O3/c1-33-26-15-20(10-11-25(26)31)16-27(32)30-13-12-24(29-23-9-5-8-22(28)17-23)21(18-30)14-19-6-3-2-4-7-19/h2-11,15,17,21,24,29,31H,12-14,16,18H2,1H3/t21-,24+/m0/s1. The highest BCUT2D eigenvalue weighted by Crippen LogP contribution is 2.28. The Kier molecular flexibility index (Phi) is 7.13. The first-order chi connectivity index (χ1) is 16.0. The average Bonchev–Trinajstić information content (AvgIpc) is 2.82. The van der Waals surface area contributed by atoms with Crippen molar-refractivity contribution in [2.24, 2.45) is 5.92 Å². The number of anilines is 1. The van der Waals surface area contributed by atoms with Crippen LogP contribution in [0.15, 0.2) is 72.8 Å². The largest absolute Gasteiger partial charge is 0.504 e. The number of rotatable bonds is 7. The molecule has 6 heteroatoms. The summed E-state index contributed by atoms with van der Waals surface area (Å²) in [4.78, 5) is 15.0. The third-order valence-corrected chi connectivity index (χ3v) is 6.20. The summed E-state index contributed by atoms with van der Waals surface area (Å²) in [5.41, 5.74) is 2.77. The van der Waals surface area contributed by atoms with Gasteiger partial charge in [0.05, 0.1) is 13.5 Å². The van der Waals surface area contributed by atoms with E-state index in [0.29, 0.717) is 18.8 Å². The van der Waals surface area contributed by atoms with Gasteiger partial charge in [0.1, 0.15) is 5.82 Å². The number of aromatic hydroxyl groups is 1. The van der Waals surface area contributed by atoms with Gasteiger partial charge < -0.3 is 20.1 Å². The number of carbonyl (C=O) groups excluding carboxylic acids is 1. The number of phenols is 1. The van der Waals surface area contributed by atoms with Gasteiger partial charge in [0.2, 0.25) is 5.91 Å². The first-order valence-electron chi connectivity index (χ1n) is 11.2. The Labute approximate surface area is 193 Å². The number of likely N-dealkylation sites (tertiary alicyclic amines) is 1. The molecule has 1 amide bonds. The topological polar surface area (TPSA) is 61.8 Å². The van der Waals surface area contributed by atoms with E-state index in [1.807, 2.05) is 29.2 Å². The van der Waals surface area contributed by atoms with Crippen molar-refractivity contribution in [2.75, 3.05) is 25.5 Å². The second kappa shape index (κ2) is 10.4. The summed E-state index contributed by atoms with van der Waals surface area (Å²) >= 11 is 0. The fourth-order valence-electron chi connectivity index (χ4n) is 4.48. The normalized spacial score (nSPS) is 18.1. The van der Waals surface area contributed by atoms with Gasteiger partial charge in [-0.1, -0.05) is 42.5 Å². The lowest BCUT2D eigenvalue weighted by Gasteiger charge is -2.39. The van der Waals surface area contributed by atoms with Gasteiger partial charge >= 0.3 is 0 Å². The predicted octanol–water partition coefficient (Wildman–Crippen LogP) is 4.65. The molecular formula is C27H29FN2O3. The van der Waals surface area contributed by atoms with Crippen molar-refractivity contribution in [3.8, 4) is 11.5 Å². The van der Waals surface area contributed by atoms with Gasteiger partial charge in [-0.15, -0.1) is 0 Å². The summed E-state index contributed by atoms with van der Waals surface area (Å²) < 4.78 is 18.9. The molecule has 2 atom stereocenters. The van der Waals surface area contributed by atoms with Gasteiger partial charge in [0, 0.05) is 30.7 Å². The van der Waals surface area contributed by atoms with Crippen molar-refractivity contribution in [2.45, 2.75) is 25.3 Å². The van der Waals surface area contributed by atoms with E-state index in [1.54, 1.807) is 24.3 Å². The van der Waals surface area contributed by atoms with Crippen LogP contribution in [0, 0.1) is 11.7 Å². The number of methoxy groups -OCH3 is 1. The van der Waals surface area contributed by atoms with Crippen LogP contribution in [0.2, 0.25) is 0 Å². The van der Waals surface area contributed by atoms with E-state index in [1.165, 1.54) is 24.8 Å². The van der Waals surface area contributed by atoms with Crippen LogP contribution in [0.25, 0.3) is 0 Å². The fraction of sp³-hybridized carbons (Fsp3) is 0.296. The van der Waals surface area contributed by atoms with Crippen LogP contribution in [0.1, 0.15) is 17.5 Å². The van der Waals surface area contributed by atoms with E-state index in [9.17, 15) is 14.3 Å². The highest BCUT2D eigenvalue weighted by Gasteiger charge is 2.31. The van der Waals surface area contributed by atoms with E-state index >= 15 is 0 Å². The molecule has 172 valence electrons. The third-order valence-electron chi connectivity index (χ3n) is 6.20. The molecule has 0 radical (unpaired) electrons. The smallest absolute Gasteiger partial charge is 0.227 e. The number of nitrogens with zero attached hydrogens (tertiary/aromatic N) is 1. The maximum atomic E-state index is 13.7. The van der Waals surface area contributed by atoms with Crippen molar-refractivity contribution in [1.29, 1.82) is 0 Å². The van der Waals surface area contributed by atoms with Crippen molar-refractivity contribution in [3.05, 3.63) is 89.7 Å². The van der Waals surface area contributed by atoms with Gasteiger partial charge in [-0.2, -0.15) is 0 Å². The lowest BCUT2D eigenvalue weighted by atomic mass is 9.86. The van der Waals surface area contributed by atoms with Gasteiger partial charge in [0.25, 0.3) is 0 Å². The number of nitrogens with one attached hydrogen (secondary N) is 1. The van der Waals surface area contributed by atoms with E-state index in [0.717, 1.165) is 24.1 Å². The highest BCUT2D eigenvalue weighted by atomic mass is 19.1. The number of amides is 1. The molecule has 1 aliphatic rings. The lowest BCUT2D eigenvalue weighted by molar-refractivity contribution is -0.132. The van der Waals surface area contributed by atoms with Gasteiger partial charge in [0.15, 0.2) is 11.5 Å². The van der Waals surface area contributed by atoms with Crippen LogP contribution in [0.4, 0.5) is 10.1 Å². The molecule has 4 rings (SSSR count). The second-order valence-corrected chi connectivity index (χ2v) is 8.52. The summed E-state index contributed by atoms with van der Waals surface area (Å²) in [6.45, 7) is 1.25. The second-order valence-electron chi connectivity index (χ2n) is 8.52. The first-order valence-corrected chi connectivity index (χ1v) is 11.2. The van der Waals surface area contributed by atoms with Crippen LogP contribution in [-0.4, -0.2) is 42.2 Å². The van der Waals surface area contributed by atoms with E-state index in [2.05, 4.69) is 17.4 Å². The molecule has 1 aliphatic heterocycles. The number of piperidine rings is 1. The summed E-state index contributed by atoms with van der Waals surface area (Å²) in [7, 11) is 1.49. The zero-order valence-corrected chi connectivity index (χ0v) is 18.7. The molecule has 0 aliphatic carbocycles. The van der Waals surface area contributed by atoms with Gasteiger partial charge in [-0.25, -0.2) is 4.39 Å². The molecule has 3 aromatic rings. The number of carbonyl (C=O) groups is 1. The Balaban J connectivity index is 1.48. The number of hydrogen-bond donors (Lipinski definition) is 2. The Hall–Kier alpha value is -3.54. The zero-order chi connectivity index (χ0) is 23.2. The fourth-order valence-corrected chi connectivity index (χ4v) is 4.48. The van der Waals surface area contributed by atoms with Gasteiger partial charge in [-0.05, 0) is 54.3 Å². The number of ether oxygens (including phenoxy) is 1. The third kappa shape index (κ3) is 5.83. The quantitative estimate of drug-likeness (QED) is 0.552. The number of benzene rings is 3. The summed E-state index contributed by atoms with van der Waals surface area (Å²) in [5.74, 6) is 0.380. The molecule has 0 unspecified atom stereocenters. The number of phenolic OH excluding ortho intramolecular Hbond substituents is 1. The average molecular weight is 449 g/mol. The Bertz CT molecular complexity index is 1090. The maximum Gasteiger partial charge on any atom is 0.227 e. The Morgan fingerprint density at radius 2 is 1.91 bits per heavy atom. The number of hydrogen-bond acceptors (Lipinski definition) is 4. The van der Waals surface area contributed by atoms with Crippen molar-refractivity contribution >= 4 is 11.6 Å². The van der Waals surface area contributed by atoms with Crippen LogP contribution in [0.5, 0.6) is 11.5 Å². The molecule has 5 nitrogen and oxygen atoms in total. The highest BCUT2D eigenvalue weighted by molar-refractivity contribution is 5.79. The minimum atomic E-state index is -0.267. The molecule has 1 fully saturated rings. The predicted molar refractivity (Wildman–Crippen MR) is 127 cm³/mol. The van der Waals surface area contributed by atoms with Crippen LogP contribution in [-0.2, 0) is 17.6 Å². The van der Waals surface area contributed by atoms with Crippen molar-refractivity contribution < 1.29 is 19.0 Å². The summed E-state index contributed by atoms with van der Waals surface area (Å²) in [6.07, 6.45) is 1.85. The van der Waals surface area contributed by atoms with Crippen LogP contribution < -0.4 is 10.1 Å². The molecule has 0 aromatic heterocycles. The van der Waals surface area contributed by atoms with Crippen LogP contribution >= 0.6 is 0 Å². The Morgan fingerprint density at radius 1 is 1.09 bits per heavy atom. The molecule has 2 N–H and O–H groups in total. The molecule has 1 heterocycles. The molecule has 0 saturated carbocycles. The molecular weight excluding hydrogens is 419 g/mol. The minimum absolute atomic E-state index is 0.0463. The van der Waals surface area contributed by atoms with Crippen molar-refractivity contribution in [1.82, 2.24) is 4.90 Å². The molecule has 0 bridgehead atoms. The molecule has 0 spiro atoms. The monoisotopic (exact) mass is 448 g/mol. The zero-order valence-electron chi connectivity index (χ0n) is 18.7. The SMILES string of the molecule is COc1cc(CC(=O)N2CC[C@@H](Nc3cccc(F)c3)[C@@H](Cc3ccccc3)C2)ccc1O. The number of halogens is 1. The van der Waals surface area contributed by atoms with E-state index in [-0.39, 0.29) is 35.9 Å². The summed E-state index contributed by atoms with van der Waals surface area (Å²) in [6, 6.07) is 21.9.